The van der Waals surface area contributed by atoms with Gasteiger partial charge in [-0.15, -0.1) is 0 Å². The highest BCUT2D eigenvalue weighted by atomic mass is 16.2. The normalized spacial score (nSPS) is 12.8. The Balaban J connectivity index is 1.92. The average Bonchev–Trinajstić information content (AvgIpc) is 2.82. The number of imidazole rings is 1. The minimum absolute atomic E-state index is 0.0987. The Labute approximate surface area is 112 Å². The number of rotatable bonds is 5. The molecular weight excluding hydrogens is 240 g/mol. The van der Waals surface area contributed by atoms with Crippen molar-refractivity contribution in [3.63, 3.8) is 0 Å². The van der Waals surface area contributed by atoms with Crippen LogP contribution in [0.3, 0.4) is 0 Å². The Morgan fingerprint density at radius 3 is 3.00 bits per heavy atom. The molecule has 0 unspecified atom stereocenters. The summed E-state index contributed by atoms with van der Waals surface area (Å²) in [4.78, 5) is 19.0. The van der Waals surface area contributed by atoms with Gasteiger partial charge in [-0.1, -0.05) is 19.9 Å². The topological polar surface area (TPSA) is 83.8 Å². The van der Waals surface area contributed by atoms with Gasteiger partial charge in [0.05, 0.1) is 23.4 Å². The van der Waals surface area contributed by atoms with Crippen LogP contribution in [0.2, 0.25) is 0 Å². The van der Waals surface area contributed by atoms with E-state index < -0.39 is 6.04 Å². The maximum absolute atomic E-state index is 11.8. The monoisotopic (exact) mass is 260 g/mol. The Morgan fingerprint density at radius 1 is 1.47 bits per heavy atom. The summed E-state index contributed by atoms with van der Waals surface area (Å²) in [6, 6.07) is 5.44. The van der Waals surface area contributed by atoms with Gasteiger partial charge in [0.1, 0.15) is 0 Å². The number of carbonyl (C=O) groups is 1. The molecule has 2 aromatic rings. The van der Waals surface area contributed by atoms with Crippen LogP contribution in [0.15, 0.2) is 24.5 Å². The van der Waals surface area contributed by atoms with Gasteiger partial charge < -0.3 is 16.0 Å². The van der Waals surface area contributed by atoms with Crippen molar-refractivity contribution in [3.8, 4) is 0 Å². The van der Waals surface area contributed by atoms with Gasteiger partial charge in [0.15, 0.2) is 0 Å². The highest BCUT2D eigenvalue weighted by Gasteiger charge is 2.14. The minimum atomic E-state index is -0.434. The maximum atomic E-state index is 11.8. The van der Waals surface area contributed by atoms with Gasteiger partial charge in [0.2, 0.25) is 5.91 Å². The van der Waals surface area contributed by atoms with Crippen LogP contribution in [-0.2, 0) is 11.3 Å². The first-order valence-corrected chi connectivity index (χ1v) is 6.51. The minimum Gasteiger partial charge on any atom is -0.351 e. The molecule has 0 spiro atoms. The highest BCUT2D eigenvalue weighted by molar-refractivity contribution is 5.81. The lowest BCUT2D eigenvalue weighted by molar-refractivity contribution is -0.122. The van der Waals surface area contributed by atoms with Gasteiger partial charge in [-0.25, -0.2) is 4.98 Å². The molecule has 0 radical (unpaired) electrons. The van der Waals surface area contributed by atoms with Crippen molar-refractivity contribution in [1.29, 1.82) is 0 Å². The van der Waals surface area contributed by atoms with Crippen molar-refractivity contribution < 1.29 is 4.79 Å². The van der Waals surface area contributed by atoms with Crippen molar-refractivity contribution >= 4 is 16.9 Å². The van der Waals surface area contributed by atoms with E-state index in [1.807, 2.05) is 18.2 Å². The van der Waals surface area contributed by atoms with E-state index in [1.165, 1.54) is 0 Å². The standard InChI is InChI=1S/C14H20N4O/c1-9(2)5-11(15)14(19)16-7-10-3-4-12-13(6-10)18-8-17-12/h3-4,6,8-9,11H,5,7,15H2,1-2H3,(H,16,19)(H,17,18)/t11-/m0/s1. The Morgan fingerprint density at radius 2 is 2.26 bits per heavy atom. The van der Waals surface area contributed by atoms with Crippen LogP contribution >= 0.6 is 0 Å². The largest absolute Gasteiger partial charge is 0.351 e. The molecule has 0 bridgehead atoms. The summed E-state index contributed by atoms with van der Waals surface area (Å²) in [5.74, 6) is 0.320. The smallest absolute Gasteiger partial charge is 0.237 e. The number of carbonyl (C=O) groups excluding carboxylic acids is 1. The van der Waals surface area contributed by atoms with Gasteiger partial charge >= 0.3 is 0 Å². The van der Waals surface area contributed by atoms with Crippen LogP contribution in [0.4, 0.5) is 0 Å². The van der Waals surface area contributed by atoms with Gasteiger partial charge in [-0.3, -0.25) is 4.79 Å². The van der Waals surface area contributed by atoms with Crippen molar-refractivity contribution in [2.45, 2.75) is 32.9 Å². The third kappa shape index (κ3) is 3.54. The molecule has 102 valence electrons. The number of H-pyrrole nitrogens is 1. The molecule has 0 aliphatic rings. The molecule has 1 atom stereocenters. The number of hydrogen-bond donors (Lipinski definition) is 3. The molecule has 1 amide bonds. The molecule has 1 aromatic carbocycles. The van der Waals surface area contributed by atoms with Crippen LogP contribution in [0, 0.1) is 5.92 Å². The number of nitrogens with one attached hydrogen (secondary N) is 2. The molecule has 4 N–H and O–H groups in total. The number of amides is 1. The summed E-state index contributed by atoms with van der Waals surface area (Å²) in [6.07, 6.45) is 2.36. The van der Waals surface area contributed by atoms with E-state index in [1.54, 1.807) is 6.33 Å². The Bertz CT molecular complexity index is 561. The fourth-order valence-electron chi connectivity index (χ4n) is 2.03. The zero-order valence-corrected chi connectivity index (χ0v) is 11.3. The predicted octanol–water partition coefficient (Wildman–Crippen LogP) is 1.55. The maximum Gasteiger partial charge on any atom is 0.237 e. The van der Waals surface area contributed by atoms with Gasteiger partial charge in [0, 0.05) is 6.54 Å². The van der Waals surface area contributed by atoms with E-state index in [2.05, 4.69) is 29.1 Å². The lowest BCUT2D eigenvalue weighted by Crippen LogP contribution is -2.41. The molecule has 0 saturated heterocycles. The summed E-state index contributed by atoms with van der Waals surface area (Å²) in [7, 11) is 0. The number of aromatic nitrogens is 2. The number of benzene rings is 1. The van der Waals surface area contributed by atoms with Crippen molar-refractivity contribution in [2.75, 3.05) is 0 Å². The van der Waals surface area contributed by atoms with E-state index in [4.69, 9.17) is 5.73 Å². The number of aromatic amines is 1. The molecule has 1 heterocycles. The second-order valence-electron chi connectivity index (χ2n) is 5.21. The number of nitrogens with two attached hydrogens (primary N) is 1. The zero-order valence-electron chi connectivity index (χ0n) is 11.3. The average molecular weight is 260 g/mol. The first-order chi connectivity index (χ1) is 9.06. The van der Waals surface area contributed by atoms with E-state index in [9.17, 15) is 4.79 Å². The van der Waals surface area contributed by atoms with Crippen LogP contribution in [0.5, 0.6) is 0 Å². The van der Waals surface area contributed by atoms with Crippen molar-refractivity contribution in [2.24, 2.45) is 11.7 Å². The molecule has 5 nitrogen and oxygen atoms in total. The summed E-state index contributed by atoms with van der Waals surface area (Å²) in [5.41, 5.74) is 8.75. The van der Waals surface area contributed by atoms with Crippen molar-refractivity contribution in [3.05, 3.63) is 30.1 Å². The van der Waals surface area contributed by atoms with E-state index >= 15 is 0 Å². The first kappa shape index (κ1) is 13.5. The van der Waals surface area contributed by atoms with Gasteiger partial charge in [-0.05, 0) is 30.0 Å². The molecular formula is C14H20N4O. The van der Waals surface area contributed by atoms with Gasteiger partial charge in [0.25, 0.3) is 0 Å². The lowest BCUT2D eigenvalue weighted by atomic mass is 10.0. The third-order valence-electron chi connectivity index (χ3n) is 3.01. The van der Waals surface area contributed by atoms with E-state index in [0.29, 0.717) is 18.9 Å². The Hall–Kier alpha value is -1.88. The molecule has 2 rings (SSSR count). The summed E-state index contributed by atoms with van der Waals surface area (Å²) in [6.45, 7) is 4.60. The fourth-order valence-corrected chi connectivity index (χ4v) is 2.03. The highest BCUT2D eigenvalue weighted by Crippen LogP contribution is 2.11. The van der Waals surface area contributed by atoms with E-state index in [0.717, 1.165) is 16.6 Å². The molecule has 0 saturated carbocycles. The molecule has 1 aromatic heterocycles. The van der Waals surface area contributed by atoms with Crippen LogP contribution in [0.25, 0.3) is 11.0 Å². The third-order valence-corrected chi connectivity index (χ3v) is 3.01. The second-order valence-corrected chi connectivity index (χ2v) is 5.21. The first-order valence-electron chi connectivity index (χ1n) is 6.51. The van der Waals surface area contributed by atoms with E-state index in [-0.39, 0.29) is 5.91 Å². The SMILES string of the molecule is CC(C)C[C@H](N)C(=O)NCc1ccc2nc[nH]c2c1. The number of nitrogens with zero attached hydrogens (tertiary/aromatic N) is 1. The number of hydrogen-bond acceptors (Lipinski definition) is 3. The fraction of sp³-hybridized carbons (Fsp3) is 0.429. The summed E-state index contributed by atoms with van der Waals surface area (Å²) < 4.78 is 0. The predicted molar refractivity (Wildman–Crippen MR) is 75.4 cm³/mol. The summed E-state index contributed by atoms with van der Waals surface area (Å²) in [5, 5.41) is 2.86. The Kier molecular flexibility index (Phi) is 4.16. The van der Waals surface area contributed by atoms with Gasteiger partial charge in [-0.2, -0.15) is 0 Å². The van der Waals surface area contributed by atoms with Crippen LogP contribution in [0.1, 0.15) is 25.8 Å². The van der Waals surface area contributed by atoms with Crippen molar-refractivity contribution in [1.82, 2.24) is 15.3 Å². The summed E-state index contributed by atoms with van der Waals surface area (Å²) >= 11 is 0. The molecule has 0 aliphatic carbocycles. The molecule has 5 heteroatoms. The number of fused-ring (bicyclic) bond motifs is 1. The second kappa shape index (κ2) is 5.84. The molecule has 19 heavy (non-hydrogen) atoms. The van der Waals surface area contributed by atoms with Crippen LogP contribution < -0.4 is 11.1 Å². The quantitative estimate of drug-likeness (QED) is 0.762. The van der Waals surface area contributed by atoms with Crippen LogP contribution in [-0.4, -0.2) is 21.9 Å². The zero-order chi connectivity index (χ0) is 13.8. The lowest BCUT2D eigenvalue weighted by Gasteiger charge is -2.14. The molecule has 0 aliphatic heterocycles. The molecule has 0 fully saturated rings.